The van der Waals surface area contributed by atoms with E-state index in [1.165, 1.54) is 4.88 Å². The quantitative estimate of drug-likeness (QED) is 0.870. The van der Waals surface area contributed by atoms with E-state index in [-0.39, 0.29) is 0 Å². The SMILES string of the molecule is CN(Cc1cc(Br)cs1)c1cc(N)cc(Cl)n1. The van der Waals surface area contributed by atoms with Gasteiger partial charge in [0.1, 0.15) is 11.0 Å². The lowest BCUT2D eigenvalue weighted by Gasteiger charge is -2.17. The van der Waals surface area contributed by atoms with Crippen LogP contribution in [0.1, 0.15) is 4.88 Å². The van der Waals surface area contributed by atoms with E-state index < -0.39 is 0 Å². The number of nitrogens with zero attached hydrogens (tertiary/aromatic N) is 2. The zero-order valence-corrected chi connectivity index (χ0v) is 12.3. The number of thiophene rings is 1. The van der Waals surface area contributed by atoms with Gasteiger partial charge in [0.2, 0.25) is 0 Å². The molecule has 0 amide bonds. The standard InChI is InChI=1S/C11H11BrClN3S/c1-16(5-9-2-7(12)6-17-9)11-4-8(14)3-10(13)15-11/h2-4,6H,5H2,1H3,(H2,14,15). The summed E-state index contributed by atoms with van der Waals surface area (Å²) in [4.78, 5) is 7.51. The Bertz CT molecular complexity index is 509. The molecule has 0 aromatic carbocycles. The minimum absolute atomic E-state index is 0.416. The van der Waals surface area contributed by atoms with E-state index in [9.17, 15) is 0 Å². The lowest BCUT2D eigenvalue weighted by atomic mass is 10.3. The molecule has 90 valence electrons. The molecule has 0 atom stereocenters. The van der Waals surface area contributed by atoms with Crippen LogP contribution in [0, 0.1) is 0 Å². The fourth-order valence-corrected chi connectivity index (χ4v) is 3.17. The Kier molecular flexibility index (Phi) is 3.91. The van der Waals surface area contributed by atoms with Crippen molar-refractivity contribution in [2.75, 3.05) is 17.7 Å². The molecule has 0 aliphatic heterocycles. The first kappa shape index (κ1) is 12.7. The second kappa shape index (κ2) is 5.25. The number of anilines is 2. The number of aromatic nitrogens is 1. The third-order valence-corrected chi connectivity index (χ3v) is 4.08. The van der Waals surface area contributed by atoms with Crippen molar-refractivity contribution in [3.05, 3.63) is 38.1 Å². The summed E-state index contributed by atoms with van der Waals surface area (Å²) in [6, 6.07) is 5.55. The maximum absolute atomic E-state index is 5.88. The fraction of sp³-hybridized carbons (Fsp3) is 0.182. The predicted molar refractivity (Wildman–Crippen MR) is 77.8 cm³/mol. The van der Waals surface area contributed by atoms with Crippen molar-refractivity contribution < 1.29 is 0 Å². The Morgan fingerprint density at radius 1 is 1.47 bits per heavy atom. The molecule has 0 aliphatic carbocycles. The normalized spacial score (nSPS) is 10.5. The zero-order valence-electron chi connectivity index (χ0n) is 9.15. The number of pyridine rings is 1. The molecule has 0 saturated heterocycles. The summed E-state index contributed by atoms with van der Waals surface area (Å²) in [5.74, 6) is 0.777. The molecule has 0 spiro atoms. The van der Waals surface area contributed by atoms with Gasteiger partial charge in [-0.2, -0.15) is 0 Å². The molecule has 2 aromatic rings. The van der Waals surface area contributed by atoms with Gasteiger partial charge in [-0.05, 0) is 28.1 Å². The van der Waals surface area contributed by atoms with E-state index in [0.717, 1.165) is 16.8 Å². The lowest BCUT2D eigenvalue weighted by molar-refractivity contribution is 0.913. The highest BCUT2D eigenvalue weighted by molar-refractivity contribution is 9.10. The summed E-state index contributed by atoms with van der Waals surface area (Å²) in [7, 11) is 1.96. The Balaban J connectivity index is 2.16. The summed E-state index contributed by atoms with van der Waals surface area (Å²) >= 11 is 11.0. The maximum Gasteiger partial charge on any atom is 0.133 e. The molecular weight excluding hydrogens is 322 g/mol. The largest absolute Gasteiger partial charge is 0.399 e. The average Bonchev–Trinajstić information content (AvgIpc) is 2.62. The number of hydrogen-bond donors (Lipinski definition) is 1. The van der Waals surface area contributed by atoms with Crippen molar-refractivity contribution in [2.24, 2.45) is 0 Å². The summed E-state index contributed by atoms with van der Waals surface area (Å²) in [6.45, 7) is 0.781. The van der Waals surface area contributed by atoms with E-state index in [1.54, 1.807) is 17.4 Å². The fourth-order valence-electron chi connectivity index (χ4n) is 1.45. The lowest BCUT2D eigenvalue weighted by Crippen LogP contribution is -2.17. The highest BCUT2D eigenvalue weighted by Gasteiger charge is 2.07. The smallest absolute Gasteiger partial charge is 0.133 e. The molecule has 0 fully saturated rings. The van der Waals surface area contributed by atoms with E-state index >= 15 is 0 Å². The molecule has 17 heavy (non-hydrogen) atoms. The Morgan fingerprint density at radius 2 is 2.24 bits per heavy atom. The highest BCUT2D eigenvalue weighted by atomic mass is 79.9. The monoisotopic (exact) mass is 331 g/mol. The molecule has 0 aliphatic rings. The van der Waals surface area contributed by atoms with Crippen molar-refractivity contribution >= 4 is 50.4 Å². The number of hydrogen-bond acceptors (Lipinski definition) is 4. The first-order valence-corrected chi connectivity index (χ1v) is 6.97. The molecule has 2 aromatic heterocycles. The number of rotatable bonds is 3. The third kappa shape index (κ3) is 3.34. The van der Waals surface area contributed by atoms with Crippen molar-refractivity contribution in [3.63, 3.8) is 0 Å². The molecule has 0 saturated carbocycles. The van der Waals surface area contributed by atoms with Crippen LogP contribution < -0.4 is 10.6 Å². The predicted octanol–water partition coefficient (Wildman–Crippen LogP) is 3.78. The molecular formula is C11H11BrClN3S. The van der Waals surface area contributed by atoms with Gasteiger partial charge in [0.05, 0.1) is 6.54 Å². The van der Waals surface area contributed by atoms with Gasteiger partial charge in [-0.3, -0.25) is 0 Å². The van der Waals surface area contributed by atoms with E-state index in [4.69, 9.17) is 17.3 Å². The molecule has 0 unspecified atom stereocenters. The Morgan fingerprint density at radius 3 is 2.82 bits per heavy atom. The summed E-state index contributed by atoms with van der Waals surface area (Å²) in [6.07, 6.45) is 0. The molecule has 0 bridgehead atoms. The Labute approximate surface area is 117 Å². The Hall–Kier alpha value is -0.780. The van der Waals surface area contributed by atoms with E-state index in [1.807, 2.05) is 18.0 Å². The number of nitrogens with two attached hydrogens (primary N) is 1. The van der Waals surface area contributed by atoms with Crippen molar-refractivity contribution in [1.82, 2.24) is 4.98 Å². The van der Waals surface area contributed by atoms with Crippen LogP contribution in [0.4, 0.5) is 11.5 Å². The minimum Gasteiger partial charge on any atom is -0.399 e. The molecule has 2 N–H and O–H groups in total. The van der Waals surface area contributed by atoms with Crippen LogP contribution in [-0.4, -0.2) is 12.0 Å². The van der Waals surface area contributed by atoms with Crippen LogP contribution in [0.5, 0.6) is 0 Å². The van der Waals surface area contributed by atoms with Crippen LogP contribution >= 0.6 is 38.9 Å². The minimum atomic E-state index is 0.416. The van der Waals surface area contributed by atoms with Gasteiger partial charge in [0.15, 0.2) is 0 Å². The van der Waals surface area contributed by atoms with Gasteiger partial charge >= 0.3 is 0 Å². The molecule has 2 rings (SSSR count). The number of nitrogen functional groups attached to an aromatic ring is 1. The van der Waals surface area contributed by atoms with E-state index in [2.05, 4.69) is 32.4 Å². The summed E-state index contributed by atoms with van der Waals surface area (Å²) in [5.41, 5.74) is 6.36. The van der Waals surface area contributed by atoms with Gasteiger partial charge in [-0.1, -0.05) is 11.6 Å². The molecule has 0 radical (unpaired) electrons. The van der Waals surface area contributed by atoms with Crippen LogP contribution in [0.25, 0.3) is 0 Å². The summed E-state index contributed by atoms with van der Waals surface area (Å²) in [5, 5.41) is 2.47. The molecule has 6 heteroatoms. The third-order valence-electron chi connectivity index (χ3n) is 2.21. The molecule has 2 heterocycles. The van der Waals surface area contributed by atoms with Gasteiger partial charge < -0.3 is 10.6 Å². The van der Waals surface area contributed by atoms with Crippen LogP contribution in [0.2, 0.25) is 5.15 Å². The average molecular weight is 333 g/mol. The topological polar surface area (TPSA) is 42.1 Å². The van der Waals surface area contributed by atoms with Crippen molar-refractivity contribution in [1.29, 1.82) is 0 Å². The van der Waals surface area contributed by atoms with Crippen LogP contribution in [0.3, 0.4) is 0 Å². The van der Waals surface area contributed by atoms with Crippen molar-refractivity contribution in [2.45, 2.75) is 6.54 Å². The number of halogens is 2. The second-order valence-electron chi connectivity index (χ2n) is 3.67. The van der Waals surface area contributed by atoms with E-state index in [0.29, 0.717) is 10.8 Å². The highest BCUT2D eigenvalue weighted by Crippen LogP contribution is 2.24. The first-order valence-electron chi connectivity index (χ1n) is 4.92. The summed E-state index contributed by atoms with van der Waals surface area (Å²) < 4.78 is 1.10. The zero-order chi connectivity index (χ0) is 12.4. The van der Waals surface area contributed by atoms with Gasteiger partial charge in [0.25, 0.3) is 0 Å². The van der Waals surface area contributed by atoms with Gasteiger partial charge in [0, 0.05) is 33.5 Å². The first-order chi connectivity index (χ1) is 8.04. The van der Waals surface area contributed by atoms with Gasteiger partial charge in [-0.15, -0.1) is 11.3 Å². The van der Waals surface area contributed by atoms with Crippen LogP contribution in [0.15, 0.2) is 28.1 Å². The van der Waals surface area contributed by atoms with Gasteiger partial charge in [-0.25, -0.2) is 4.98 Å². The molecule has 3 nitrogen and oxygen atoms in total. The maximum atomic E-state index is 5.88. The second-order valence-corrected chi connectivity index (χ2v) is 5.97. The van der Waals surface area contributed by atoms with Crippen LogP contribution in [-0.2, 0) is 6.54 Å². The van der Waals surface area contributed by atoms with Crippen molar-refractivity contribution in [3.8, 4) is 0 Å².